The van der Waals surface area contributed by atoms with Gasteiger partial charge in [0.2, 0.25) is 0 Å². The number of carbonyl (C=O) groups is 1. The van der Waals surface area contributed by atoms with E-state index >= 15 is 0 Å². The Morgan fingerprint density at radius 3 is 2.00 bits per heavy atom. The summed E-state index contributed by atoms with van der Waals surface area (Å²) in [5.41, 5.74) is 4.46. The predicted molar refractivity (Wildman–Crippen MR) is 124 cm³/mol. The molecule has 0 aliphatic rings. The Kier molecular flexibility index (Phi) is 5.01. The topological polar surface area (TPSA) is 72.2 Å². The lowest BCUT2D eigenvalue weighted by molar-refractivity contribution is 0.102. The highest BCUT2D eigenvalue weighted by Gasteiger charge is 2.23. The fraction of sp³-hybridized carbons (Fsp3) is 0. The molecule has 1 N–H and O–H groups in total. The van der Waals surface area contributed by atoms with Crippen LogP contribution in [0.25, 0.3) is 28.2 Å². The molecular formula is C24H16BrN5O. The molecular weight excluding hydrogens is 454 g/mol. The number of carbonyl (C=O) groups excluding carboxylic acids is 1. The van der Waals surface area contributed by atoms with Crippen LogP contribution >= 0.6 is 15.9 Å². The summed E-state index contributed by atoms with van der Waals surface area (Å²) in [6.45, 7) is 0. The summed E-state index contributed by atoms with van der Waals surface area (Å²) in [5.74, 6) is -0.354. The normalized spacial score (nSPS) is 10.9. The van der Waals surface area contributed by atoms with Gasteiger partial charge in [-0.2, -0.15) is 5.10 Å². The van der Waals surface area contributed by atoms with Crippen LogP contribution in [0.3, 0.4) is 0 Å². The van der Waals surface area contributed by atoms with Crippen LogP contribution in [-0.4, -0.2) is 25.7 Å². The van der Waals surface area contributed by atoms with E-state index in [4.69, 9.17) is 5.10 Å². The minimum Gasteiger partial charge on any atom is -0.321 e. The predicted octanol–water partition coefficient (Wildman–Crippen LogP) is 5.47. The van der Waals surface area contributed by atoms with Crippen LogP contribution in [0, 0.1) is 0 Å². The van der Waals surface area contributed by atoms with Crippen LogP contribution in [0.15, 0.2) is 95.5 Å². The molecule has 0 unspecified atom stereocenters. The molecule has 0 bridgehead atoms. The van der Waals surface area contributed by atoms with Gasteiger partial charge in [-0.3, -0.25) is 4.79 Å². The fourth-order valence-corrected chi connectivity index (χ4v) is 3.93. The van der Waals surface area contributed by atoms with Crippen molar-refractivity contribution in [1.29, 1.82) is 0 Å². The smallest absolute Gasteiger partial charge is 0.278 e. The standard InChI is InChI=1S/C24H16BrN5O/c25-19-20(16-10-4-1-5-11-16)29-30-22(17-12-6-2-7-13-17)21(27-28-23(19)30)24(31)26-18-14-8-3-9-15-18/h1-15H,(H,26,31). The molecule has 150 valence electrons. The number of nitrogens with zero attached hydrogens (tertiary/aromatic N) is 4. The van der Waals surface area contributed by atoms with Gasteiger partial charge in [0.25, 0.3) is 5.91 Å². The lowest BCUT2D eigenvalue weighted by atomic mass is 10.1. The van der Waals surface area contributed by atoms with E-state index in [2.05, 4.69) is 31.4 Å². The number of nitrogens with one attached hydrogen (secondary N) is 1. The first kappa shape index (κ1) is 19.1. The first-order chi connectivity index (χ1) is 15.2. The third-order valence-electron chi connectivity index (χ3n) is 4.83. The minimum atomic E-state index is -0.354. The molecule has 0 radical (unpaired) electrons. The first-order valence-electron chi connectivity index (χ1n) is 9.64. The Hall–Kier alpha value is -3.84. The maximum absolute atomic E-state index is 13.1. The molecule has 3 aromatic carbocycles. The van der Waals surface area contributed by atoms with E-state index < -0.39 is 0 Å². The first-order valence-corrected chi connectivity index (χ1v) is 10.4. The van der Waals surface area contributed by atoms with E-state index in [1.54, 1.807) is 4.52 Å². The summed E-state index contributed by atoms with van der Waals surface area (Å²) >= 11 is 3.62. The van der Waals surface area contributed by atoms with Gasteiger partial charge in [-0.25, -0.2) is 4.52 Å². The Morgan fingerprint density at radius 1 is 0.774 bits per heavy atom. The van der Waals surface area contributed by atoms with Crippen molar-refractivity contribution in [2.75, 3.05) is 5.32 Å². The molecule has 5 rings (SSSR count). The van der Waals surface area contributed by atoms with Crippen LogP contribution in [0.4, 0.5) is 5.69 Å². The Bertz CT molecular complexity index is 1370. The fourth-order valence-electron chi connectivity index (χ4n) is 3.38. The molecule has 1 amide bonds. The maximum atomic E-state index is 13.1. The van der Waals surface area contributed by atoms with Crippen LogP contribution < -0.4 is 5.32 Å². The number of para-hydroxylation sites is 1. The van der Waals surface area contributed by atoms with Gasteiger partial charge >= 0.3 is 0 Å². The van der Waals surface area contributed by atoms with Gasteiger partial charge in [-0.15, -0.1) is 10.2 Å². The highest BCUT2D eigenvalue weighted by molar-refractivity contribution is 9.10. The lowest BCUT2D eigenvalue weighted by Crippen LogP contribution is -2.18. The molecule has 2 aromatic heterocycles. The van der Waals surface area contributed by atoms with Crippen LogP contribution in [-0.2, 0) is 0 Å². The second-order valence-electron chi connectivity index (χ2n) is 6.85. The highest BCUT2D eigenvalue weighted by atomic mass is 79.9. The van der Waals surface area contributed by atoms with Gasteiger partial charge in [0, 0.05) is 16.8 Å². The van der Waals surface area contributed by atoms with Gasteiger partial charge in [-0.05, 0) is 28.1 Å². The van der Waals surface area contributed by atoms with E-state index in [1.807, 2.05) is 91.0 Å². The number of anilines is 1. The summed E-state index contributed by atoms with van der Waals surface area (Å²) in [5, 5.41) is 16.3. The molecule has 0 saturated carbocycles. The summed E-state index contributed by atoms with van der Waals surface area (Å²) < 4.78 is 2.40. The van der Waals surface area contributed by atoms with Gasteiger partial charge in [0.15, 0.2) is 11.3 Å². The van der Waals surface area contributed by atoms with Crippen LogP contribution in [0.5, 0.6) is 0 Å². The number of aromatic nitrogens is 4. The summed E-state index contributed by atoms with van der Waals surface area (Å²) in [6.07, 6.45) is 0. The van der Waals surface area contributed by atoms with E-state index in [1.165, 1.54) is 0 Å². The second-order valence-corrected chi connectivity index (χ2v) is 7.64. The molecule has 0 spiro atoms. The number of hydrogen-bond donors (Lipinski definition) is 1. The molecule has 0 saturated heterocycles. The van der Waals surface area contributed by atoms with E-state index in [9.17, 15) is 4.79 Å². The minimum absolute atomic E-state index is 0.192. The number of benzene rings is 3. The number of rotatable bonds is 4. The van der Waals surface area contributed by atoms with Gasteiger partial charge in [-0.1, -0.05) is 78.9 Å². The average molecular weight is 470 g/mol. The zero-order valence-electron chi connectivity index (χ0n) is 16.2. The Balaban J connectivity index is 1.72. The third kappa shape index (κ3) is 3.60. The van der Waals surface area contributed by atoms with E-state index in [0.717, 1.165) is 21.3 Å². The molecule has 31 heavy (non-hydrogen) atoms. The van der Waals surface area contributed by atoms with Crippen LogP contribution in [0.2, 0.25) is 0 Å². The number of fused-ring (bicyclic) bond motifs is 1. The largest absolute Gasteiger partial charge is 0.321 e. The Labute approximate surface area is 186 Å². The summed E-state index contributed by atoms with van der Waals surface area (Å²) in [6, 6.07) is 28.7. The maximum Gasteiger partial charge on any atom is 0.278 e. The van der Waals surface area contributed by atoms with Crippen molar-refractivity contribution in [3.05, 3.63) is 101 Å². The van der Waals surface area contributed by atoms with Crippen molar-refractivity contribution in [3.8, 4) is 22.5 Å². The van der Waals surface area contributed by atoms with Crippen molar-refractivity contribution >= 4 is 33.2 Å². The SMILES string of the molecule is O=C(Nc1ccccc1)c1nnc2c(Br)c(-c3ccccc3)nn2c1-c1ccccc1. The van der Waals surface area contributed by atoms with E-state index in [0.29, 0.717) is 17.0 Å². The number of hydrogen-bond acceptors (Lipinski definition) is 4. The van der Waals surface area contributed by atoms with E-state index in [-0.39, 0.29) is 11.6 Å². The molecule has 0 aliphatic carbocycles. The molecule has 0 atom stereocenters. The summed E-state index contributed by atoms with van der Waals surface area (Å²) in [7, 11) is 0. The van der Waals surface area contributed by atoms with Crippen molar-refractivity contribution in [3.63, 3.8) is 0 Å². The van der Waals surface area contributed by atoms with Crippen molar-refractivity contribution in [1.82, 2.24) is 19.8 Å². The number of amides is 1. The third-order valence-corrected chi connectivity index (χ3v) is 5.56. The molecule has 7 heteroatoms. The second kappa shape index (κ2) is 8.12. The van der Waals surface area contributed by atoms with Crippen LogP contribution in [0.1, 0.15) is 10.5 Å². The van der Waals surface area contributed by atoms with Crippen molar-refractivity contribution in [2.24, 2.45) is 0 Å². The zero-order chi connectivity index (χ0) is 21.2. The zero-order valence-corrected chi connectivity index (χ0v) is 17.8. The number of halogens is 1. The Morgan fingerprint density at radius 2 is 1.35 bits per heavy atom. The molecule has 6 nitrogen and oxygen atoms in total. The monoisotopic (exact) mass is 469 g/mol. The van der Waals surface area contributed by atoms with Crippen molar-refractivity contribution in [2.45, 2.75) is 0 Å². The van der Waals surface area contributed by atoms with Gasteiger partial charge in [0.1, 0.15) is 11.4 Å². The molecule has 5 aromatic rings. The van der Waals surface area contributed by atoms with Gasteiger partial charge < -0.3 is 5.32 Å². The van der Waals surface area contributed by atoms with Gasteiger partial charge in [0.05, 0.1) is 4.47 Å². The summed E-state index contributed by atoms with van der Waals surface area (Å²) in [4.78, 5) is 13.1. The van der Waals surface area contributed by atoms with Crippen molar-refractivity contribution < 1.29 is 4.79 Å². The average Bonchev–Trinajstić information content (AvgIpc) is 3.16. The molecule has 2 heterocycles. The highest BCUT2D eigenvalue weighted by Crippen LogP contribution is 2.33. The quantitative estimate of drug-likeness (QED) is 0.378. The lowest BCUT2D eigenvalue weighted by Gasteiger charge is -2.10. The molecule has 0 fully saturated rings. The molecule has 0 aliphatic heterocycles.